The molecule has 1 aromatic carbocycles. The van der Waals surface area contributed by atoms with Crippen LogP contribution in [0.2, 0.25) is 5.02 Å². The van der Waals surface area contributed by atoms with Gasteiger partial charge in [-0.05, 0) is 30.7 Å². The molecular weight excluding hydrogens is 561 g/mol. The first-order valence-electron chi connectivity index (χ1n) is 11.9. The summed E-state index contributed by atoms with van der Waals surface area (Å²) < 4.78 is 52.8. The van der Waals surface area contributed by atoms with Crippen LogP contribution < -0.4 is 5.32 Å². The Kier molecular flexibility index (Phi) is 10.3. The summed E-state index contributed by atoms with van der Waals surface area (Å²) >= 11 is 6.47. The molecule has 1 aliphatic heterocycles. The lowest BCUT2D eigenvalue weighted by Crippen LogP contribution is -2.38. The number of benzene rings is 1. The summed E-state index contributed by atoms with van der Waals surface area (Å²) in [4.78, 5) is 42.3. The van der Waals surface area contributed by atoms with Crippen molar-refractivity contribution >= 4 is 35.2 Å². The average Bonchev–Trinajstić information content (AvgIpc) is 3.35. The molecule has 0 spiro atoms. The van der Waals surface area contributed by atoms with Gasteiger partial charge in [-0.25, -0.2) is 4.79 Å². The van der Waals surface area contributed by atoms with Crippen LogP contribution in [0, 0.1) is 5.92 Å². The minimum Gasteiger partial charge on any atom is -0.468 e. The molecule has 16 heteroatoms. The summed E-state index contributed by atoms with van der Waals surface area (Å²) in [7, 11) is 1.23. The monoisotopic (exact) mass is 586 g/mol. The van der Waals surface area contributed by atoms with Crippen LogP contribution in [0.1, 0.15) is 31.2 Å². The minimum atomic E-state index is -4.99. The molecule has 0 radical (unpaired) electrons. The van der Waals surface area contributed by atoms with Gasteiger partial charge in [0.2, 0.25) is 0 Å². The molecule has 1 N–H and O–H groups in total. The highest BCUT2D eigenvalue weighted by atomic mass is 35.5. The van der Waals surface area contributed by atoms with Crippen molar-refractivity contribution in [3.05, 3.63) is 51.9 Å². The van der Waals surface area contributed by atoms with Crippen molar-refractivity contribution in [3.8, 4) is 0 Å². The number of nitrogens with one attached hydrogen (secondary N) is 1. The van der Waals surface area contributed by atoms with E-state index in [9.17, 15) is 27.6 Å². The molecule has 2 heterocycles. The number of nitrogens with zero attached hydrogens (tertiary/aromatic N) is 5. The second-order valence-electron chi connectivity index (χ2n) is 8.38. The number of aromatic nitrogens is 4. The Morgan fingerprint density at radius 1 is 1.18 bits per heavy atom. The summed E-state index contributed by atoms with van der Waals surface area (Å²) in [6.07, 6.45) is -4.99. The van der Waals surface area contributed by atoms with E-state index in [0.717, 1.165) is 4.80 Å². The molecule has 1 amide bonds. The number of carbonyl (C=O) groups excluding carboxylic acids is 3. The van der Waals surface area contributed by atoms with Gasteiger partial charge in [0, 0.05) is 23.2 Å². The highest BCUT2D eigenvalue weighted by Crippen LogP contribution is 2.42. The SMILES string of the molecule is CCOC(=O)C1=C(COCc2nnn(CCNC(=O)C(F)(F)F)n2)N=C(C)C(C(=O)OC)C1c1ccccc1Cl. The second kappa shape index (κ2) is 13.5. The Labute approximate surface area is 231 Å². The molecule has 12 nitrogen and oxygen atoms in total. The molecule has 1 aliphatic rings. The number of hydrogen-bond donors (Lipinski definition) is 1. The van der Waals surface area contributed by atoms with Gasteiger partial charge in [-0.1, -0.05) is 29.8 Å². The standard InChI is InChI=1S/C24H26ClF3N6O6/c1-4-40-22(36)20-16(11-39-12-17-31-33-34(32-17)10-9-29-23(37)24(26,27)28)30-13(2)18(21(35)38-3)19(20)14-7-5-6-8-15(14)25/h5-8,18-19H,4,9-12H2,1-3H3,(H,29,37). The van der Waals surface area contributed by atoms with Crippen LogP contribution in [0.25, 0.3) is 0 Å². The average molecular weight is 587 g/mol. The van der Waals surface area contributed by atoms with Crippen LogP contribution in [0.5, 0.6) is 0 Å². The highest BCUT2D eigenvalue weighted by Gasteiger charge is 2.43. The number of esters is 2. The van der Waals surface area contributed by atoms with Gasteiger partial charge in [0.25, 0.3) is 0 Å². The van der Waals surface area contributed by atoms with Gasteiger partial charge in [-0.15, -0.1) is 10.2 Å². The third-order valence-electron chi connectivity index (χ3n) is 5.73. The molecule has 0 saturated carbocycles. The maximum Gasteiger partial charge on any atom is 0.471 e. The lowest BCUT2D eigenvalue weighted by Gasteiger charge is -2.32. The maximum absolute atomic E-state index is 13.2. The van der Waals surface area contributed by atoms with E-state index in [2.05, 4.69) is 20.4 Å². The zero-order valence-electron chi connectivity index (χ0n) is 21.7. The molecule has 216 valence electrons. The highest BCUT2D eigenvalue weighted by molar-refractivity contribution is 6.31. The topological polar surface area (TPSA) is 147 Å². The summed E-state index contributed by atoms with van der Waals surface area (Å²) in [6, 6.07) is 6.76. The molecule has 2 aromatic rings. The van der Waals surface area contributed by atoms with Crippen LogP contribution in [0.4, 0.5) is 13.2 Å². The van der Waals surface area contributed by atoms with E-state index in [1.807, 2.05) is 0 Å². The molecule has 0 fully saturated rings. The number of aliphatic imine (C=N–C) groups is 1. The largest absolute Gasteiger partial charge is 0.471 e. The molecular formula is C24H26ClF3N6O6. The molecule has 3 rings (SSSR count). The molecule has 0 aliphatic carbocycles. The Bertz CT molecular complexity index is 1310. The van der Waals surface area contributed by atoms with E-state index in [4.69, 9.17) is 25.8 Å². The van der Waals surface area contributed by atoms with Crippen molar-refractivity contribution in [1.82, 2.24) is 25.5 Å². The van der Waals surface area contributed by atoms with E-state index < -0.39 is 35.9 Å². The van der Waals surface area contributed by atoms with Gasteiger partial charge in [0.1, 0.15) is 12.5 Å². The molecule has 1 aromatic heterocycles. The third kappa shape index (κ3) is 7.41. The second-order valence-corrected chi connectivity index (χ2v) is 8.79. The number of rotatable bonds is 11. The summed E-state index contributed by atoms with van der Waals surface area (Å²) in [5.74, 6) is -5.13. The van der Waals surface area contributed by atoms with E-state index in [0.29, 0.717) is 16.3 Å². The minimum absolute atomic E-state index is 0.0632. The first-order chi connectivity index (χ1) is 19.0. The number of hydrogen-bond acceptors (Lipinski definition) is 10. The van der Waals surface area contributed by atoms with Crippen molar-refractivity contribution < 1.29 is 41.8 Å². The van der Waals surface area contributed by atoms with Crippen molar-refractivity contribution in [1.29, 1.82) is 0 Å². The first kappa shape index (κ1) is 30.7. The van der Waals surface area contributed by atoms with Gasteiger partial charge in [-0.2, -0.15) is 18.0 Å². The number of amides is 1. The van der Waals surface area contributed by atoms with Gasteiger partial charge in [-0.3, -0.25) is 14.6 Å². The fraction of sp³-hybridized carbons (Fsp3) is 0.458. The zero-order valence-corrected chi connectivity index (χ0v) is 22.5. The molecule has 2 unspecified atom stereocenters. The number of ether oxygens (including phenoxy) is 3. The van der Waals surface area contributed by atoms with Gasteiger partial charge in [0.05, 0.1) is 38.1 Å². The van der Waals surface area contributed by atoms with E-state index >= 15 is 0 Å². The van der Waals surface area contributed by atoms with Crippen molar-refractivity contribution in [3.63, 3.8) is 0 Å². The van der Waals surface area contributed by atoms with Crippen molar-refractivity contribution in [2.24, 2.45) is 10.9 Å². The fourth-order valence-corrected chi connectivity index (χ4v) is 4.28. The normalized spacial score (nSPS) is 17.3. The predicted octanol–water partition coefficient (Wildman–Crippen LogP) is 2.39. The molecule has 2 atom stereocenters. The number of carbonyl (C=O) groups is 3. The predicted molar refractivity (Wildman–Crippen MR) is 133 cm³/mol. The molecule has 40 heavy (non-hydrogen) atoms. The Balaban J connectivity index is 1.81. The lowest BCUT2D eigenvalue weighted by atomic mass is 9.75. The van der Waals surface area contributed by atoms with Gasteiger partial charge in [0.15, 0.2) is 5.82 Å². The smallest absolute Gasteiger partial charge is 0.468 e. The maximum atomic E-state index is 13.2. The Hall–Kier alpha value is -3.85. The Morgan fingerprint density at radius 2 is 1.90 bits per heavy atom. The van der Waals surface area contributed by atoms with Crippen LogP contribution in [-0.2, 0) is 41.7 Å². The first-order valence-corrected chi connectivity index (χ1v) is 12.3. The van der Waals surface area contributed by atoms with Gasteiger partial charge >= 0.3 is 24.0 Å². The summed E-state index contributed by atoms with van der Waals surface area (Å²) in [5, 5.41) is 13.5. The van der Waals surface area contributed by atoms with Crippen LogP contribution in [0.15, 0.2) is 40.5 Å². The number of tetrazole rings is 1. The quantitative estimate of drug-likeness (QED) is 0.392. The van der Waals surface area contributed by atoms with E-state index in [1.54, 1.807) is 43.4 Å². The number of alkyl halides is 3. The Morgan fingerprint density at radius 3 is 2.55 bits per heavy atom. The summed E-state index contributed by atoms with van der Waals surface area (Å²) in [6.45, 7) is 2.38. The number of methoxy groups -OCH3 is 1. The number of halogens is 4. The van der Waals surface area contributed by atoms with E-state index in [1.165, 1.54) is 7.11 Å². The van der Waals surface area contributed by atoms with Crippen LogP contribution in [0.3, 0.4) is 0 Å². The summed E-state index contributed by atoms with van der Waals surface area (Å²) in [5.41, 5.74) is 1.14. The van der Waals surface area contributed by atoms with Crippen LogP contribution >= 0.6 is 11.6 Å². The third-order valence-corrected chi connectivity index (χ3v) is 6.07. The molecule has 0 saturated heterocycles. The van der Waals surface area contributed by atoms with Crippen molar-refractivity contribution in [2.75, 3.05) is 26.9 Å². The fourth-order valence-electron chi connectivity index (χ4n) is 4.03. The van der Waals surface area contributed by atoms with Crippen molar-refractivity contribution in [2.45, 2.75) is 39.1 Å². The van der Waals surface area contributed by atoms with Crippen LogP contribution in [-0.4, -0.2) is 76.8 Å². The molecule has 0 bridgehead atoms. The van der Waals surface area contributed by atoms with E-state index in [-0.39, 0.29) is 50.0 Å². The zero-order chi connectivity index (χ0) is 29.4. The lowest BCUT2D eigenvalue weighted by molar-refractivity contribution is -0.173. The van der Waals surface area contributed by atoms with Gasteiger partial charge < -0.3 is 19.5 Å².